The molecule has 1 atom stereocenters. The average Bonchev–Trinajstić information content (AvgIpc) is 2.36. The van der Waals surface area contributed by atoms with Gasteiger partial charge in [-0.05, 0) is 19.4 Å². The Labute approximate surface area is 110 Å². The van der Waals surface area contributed by atoms with E-state index in [4.69, 9.17) is 0 Å². The molecule has 2 aromatic rings. The minimum absolute atomic E-state index is 0.134. The van der Waals surface area contributed by atoms with Crippen LogP contribution in [0.2, 0.25) is 0 Å². The zero-order chi connectivity index (χ0) is 14.0. The lowest BCUT2D eigenvalue weighted by Crippen LogP contribution is -2.07. The number of nitrogens with one attached hydrogen (secondary N) is 1. The van der Waals surface area contributed by atoms with E-state index in [1.54, 1.807) is 0 Å². The first-order valence-corrected chi connectivity index (χ1v) is 5.95. The van der Waals surface area contributed by atoms with Gasteiger partial charge < -0.3 is 5.32 Å². The van der Waals surface area contributed by atoms with Gasteiger partial charge in [0.15, 0.2) is 17.5 Å². The van der Waals surface area contributed by atoms with Gasteiger partial charge in [-0.25, -0.2) is 13.2 Å². The highest BCUT2D eigenvalue weighted by molar-refractivity contribution is 5.46. The fourth-order valence-corrected chi connectivity index (χ4v) is 1.83. The number of hydrogen-bond donors (Lipinski definition) is 1. The Morgan fingerprint density at radius 3 is 2.00 bits per heavy atom. The summed E-state index contributed by atoms with van der Waals surface area (Å²) in [6, 6.07) is 9.54. The van der Waals surface area contributed by atoms with Gasteiger partial charge in [-0.2, -0.15) is 0 Å². The molecule has 1 unspecified atom stereocenters. The second-order valence-electron chi connectivity index (χ2n) is 4.53. The molecule has 4 heteroatoms. The van der Waals surface area contributed by atoms with Crippen molar-refractivity contribution in [1.29, 1.82) is 0 Å². The predicted molar refractivity (Wildman–Crippen MR) is 69.5 cm³/mol. The molecule has 1 nitrogen and oxygen atoms in total. The van der Waals surface area contributed by atoms with Crippen LogP contribution in [0.15, 0.2) is 36.4 Å². The molecule has 0 amide bonds. The summed E-state index contributed by atoms with van der Waals surface area (Å²) in [7, 11) is 0. The third-order valence-corrected chi connectivity index (χ3v) is 2.94. The quantitative estimate of drug-likeness (QED) is 0.801. The van der Waals surface area contributed by atoms with Gasteiger partial charge in [0.2, 0.25) is 0 Å². The molecule has 100 valence electrons. The van der Waals surface area contributed by atoms with Crippen molar-refractivity contribution in [3.05, 3.63) is 65.0 Å². The first-order valence-electron chi connectivity index (χ1n) is 5.95. The maximum absolute atomic E-state index is 13.1. The monoisotopic (exact) mass is 265 g/mol. The Morgan fingerprint density at radius 2 is 1.47 bits per heavy atom. The van der Waals surface area contributed by atoms with E-state index in [0.717, 1.165) is 23.3 Å². The number of benzene rings is 2. The van der Waals surface area contributed by atoms with Crippen molar-refractivity contribution in [2.75, 3.05) is 5.32 Å². The van der Waals surface area contributed by atoms with Crippen LogP contribution in [-0.4, -0.2) is 0 Å². The Kier molecular flexibility index (Phi) is 3.79. The van der Waals surface area contributed by atoms with Crippen molar-refractivity contribution in [2.45, 2.75) is 19.9 Å². The molecule has 2 rings (SSSR count). The van der Waals surface area contributed by atoms with Gasteiger partial charge in [0.1, 0.15) is 0 Å². The molecule has 0 heterocycles. The standard InChI is InChI=1S/C15H14F3N/c1-9-3-5-11(6-4-9)10(2)19-12-7-13(16)15(18)14(17)8-12/h3-8,10,19H,1-2H3. The van der Waals surface area contributed by atoms with E-state index in [-0.39, 0.29) is 11.7 Å². The summed E-state index contributed by atoms with van der Waals surface area (Å²) in [6.07, 6.45) is 0. The zero-order valence-corrected chi connectivity index (χ0v) is 10.7. The van der Waals surface area contributed by atoms with Crippen LogP contribution in [0, 0.1) is 24.4 Å². The van der Waals surface area contributed by atoms with Crippen LogP contribution in [0.4, 0.5) is 18.9 Å². The highest BCUT2D eigenvalue weighted by atomic mass is 19.2. The topological polar surface area (TPSA) is 12.0 Å². The van der Waals surface area contributed by atoms with Crippen LogP contribution < -0.4 is 5.32 Å². The second-order valence-corrected chi connectivity index (χ2v) is 4.53. The molecule has 0 aliphatic heterocycles. The van der Waals surface area contributed by atoms with Crippen LogP contribution >= 0.6 is 0 Å². The fourth-order valence-electron chi connectivity index (χ4n) is 1.83. The summed E-state index contributed by atoms with van der Waals surface area (Å²) in [5, 5.41) is 2.94. The minimum Gasteiger partial charge on any atom is -0.378 e. The zero-order valence-electron chi connectivity index (χ0n) is 10.7. The summed E-state index contributed by atoms with van der Waals surface area (Å²) in [5.74, 6) is -3.84. The van der Waals surface area contributed by atoms with E-state index < -0.39 is 17.5 Å². The number of anilines is 1. The van der Waals surface area contributed by atoms with Crippen molar-refractivity contribution in [2.24, 2.45) is 0 Å². The van der Waals surface area contributed by atoms with Gasteiger partial charge >= 0.3 is 0 Å². The first-order chi connectivity index (χ1) is 8.97. The normalized spacial score (nSPS) is 12.3. The van der Waals surface area contributed by atoms with E-state index in [2.05, 4.69) is 5.32 Å². The second kappa shape index (κ2) is 5.34. The van der Waals surface area contributed by atoms with Crippen LogP contribution in [0.3, 0.4) is 0 Å². The largest absolute Gasteiger partial charge is 0.378 e. The lowest BCUT2D eigenvalue weighted by Gasteiger charge is -2.16. The average molecular weight is 265 g/mol. The molecule has 1 N–H and O–H groups in total. The molecular weight excluding hydrogens is 251 g/mol. The Hall–Kier alpha value is -1.97. The lowest BCUT2D eigenvalue weighted by atomic mass is 10.1. The van der Waals surface area contributed by atoms with Crippen molar-refractivity contribution < 1.29 is 13.2 Å². The third-order valence-electron chi connectivity index (χ3n) is 2.94. The van der Waals surface area contributed by atoms with Crippen LogP contribution in [-0.2, 0) is 0 Å². The summed E-state index contributed by atoms with van der Waals surface area (Å²) < 4.78 is 39.0. The van der Waals surface area contributed by atoms with E-state index in [1.165, 1.54) is 0 Å². The molecule has 0 aliphatic rings. The highest BCUT2D eigenvalue weighted by Gasteiger charge is 2.12. The first kappa shape index (κ1) is 13.5. The van der Waals surface area contributed by atoms with Crippen LogP contribution in [0.5, 0.6) is 0 Å². The van der Waals surface area contributed by atoms with Gasteiger partial charge in [-0.15, -0.1) is 0 Å². The molecule has 0 fully saturated rings. The van der Waals surface area contributed by atoms with Crippen molar-refractivity contribution >= 4 is 5.69 Å². The van der Waals surface area contributed by atoms with Crippen LogP contribution in [0.1, 0.15) is 24.1 Å². The molecule has 2 aromatic carbocycles. The Bertz CT molecular complexity index is 555. The van der Waals surface area contributed by atoms with Gasteiger partial charge in [-0.3, -0.25) is 0 Å². The van der Waals surface area contributed by atoms with Gasteiger partial charge in [0.05, 0.1) is 0 Å². The van der Waals surface area contributed by atoms with Gasteiger partial charge in [0, 0.05) is 23.9 Å². The molecular formula is C15H14F3N. The Balaban J connectivity index is 2.19. The summed E-state index contributed by atoms with van der Waals surface area (Å²) in [5.41, 5.74) is 2.33. The lowest BCUT2D eigenvalue weighted by molar-refractivity contribution is 0.447. The molecule has 0 bridgehead atoms. The summed E-state index contributed by atoms with van der Waals surface area (Å²) >= 11 is 0. The maximum Gasteiger partial charge on any atom is 0.194 e. The van der Waals surface area contributed by atoms with E-state index in [0.29, 0.717) is 0 Å². The number of aryl methyl sites for hydroxylation is 1. The number of hydrogen-bond acceptors (Lipinski definition) is 1. The van der Waals surface area contributed by atoms with E-state index in [1.807, 2.05) is 38.1 Å². The van der Waals surface area contributed by atoms with E-state index in [9.17, 15) is 13.2 Å². The molecule has 0 aliphatic carbocycles. The third kappa shape index (κ3) is 3.08. The molecule has 0 saturated heterocycles. The Morgan fingerprint density at radius 1 is 0.947 bits per heavy atom. The molecule has 0 radical (unpaired) electrons. The fraction of sp³-hybridized carbons (Fsp3) is 0.200. The molecule has 0 spiro atoms. The molecule has 0 saturated carbocycles. The minimum atomic E-state index is -1.45. The highest BCUT2D eigenvalue weighted by Crippen LogP contribution is 2.22. The number of halogens is 3. The maximum atomic E-state index is 13.1. The van der Waals surface area contributed by atoms with Gasteiger partial charge in [0.25, 0.3) is 0 Å². The molecule has 0 aromatic heterocycles. The van der Waals surface area contributed by atoms with E-state index >= 15 is 0 Å². The SMILES string of the molecule is Cc1ccc(C(C)Nc2cc(F)c(F)c(F)c2)cc1. The van der Waals surface area contributed by atoms with Crippen molar-refractivity contribution in [3.8, 4) is 0 Å². The summed E-state index contributed by atoms with van der Waals surface area (Å²) in [6.45, 7) is 3.84. The smallest absolute Gasteiger partial charge is 0.194 e. The van der Waals surface area contributed by atoms with Crippen molar-refractivity contribution in [1.82, 2.24) is 0 Å². The predicted octanol–water partition coefficient (Wildman–Crippen LogP) is 4.59. The van der Waals surface area contributed by atoms with Crippen molar-refractivity contribution in [3.63, 3.8) is 0 Å². The molecule has 19 heavy (non-hydrogen) atoms. The summed E-state index contributed by atoms with van der Waals surface area (Å²) in [4.78, 5) is 0. The van der Waals surface area contributed by atoms with Crippen LogP contribution in [0.25, 0.3) is 0 Å². The number of rotatable bonds is 3. The van der Waals surface area contributed by atoms with Gasteiger partial charge in [-0.1, -0.05) is 29.8 Å².